The third kappa shape index (κ3) is 3.09. The van der Waals surface area contributed by atoms with E-state index in [0.29, 0.717) is 17.2 Å². The second kappa shape index (κ2) is 7.05. The second-order valence-electron chi connectivity index (χ2n) is 5.47. The van der Waals surface area contributed by atoms with Crippen molar-refractivity contribution in [3.05, 3.63) is 52.5 Å². The summed E-state index contributed by atoms with van der Waals surface area (Å²) in [5, 5.41) is 2.80. The zero-order valence-corrected chi connectivity index (χ0v) is 14.8. The summed E-state index contributed by atoms with van der Waals surface area (Å²) in [6.45, 7) is -0.433. The SMILES string of the molecule is COc1ccc(NC(=O)CN2C(=O)c3cccc(Cl)c3C2=O)c(OC)c1. The summed E-state index contributed by atoms with van der Waals surface area (Å²) >= 11 is 6.00. The molecule has 0 radical (unpaired) electrons. The molecule has 1 N–H and O–H groups in total. The van der Waals surface area contributed by atoms with E-state index in [4.69, 9.17) is 21.1 Å². The monoisotopic (exact) mass is 374 g/mol. The Hall–Kier alpha value is -3.06. The maximum atomic E-state index is 12.4. The molecule has 1 aliphatic rings. The quantitative estimate of drug-likeness (QED) is 0.813. The number of nitrogens with zero attached hydrogens (tertiary/aromatic N) is 1. The van der Waals surface area contributed by atoms with Crippen LogP contribution in [0.15, 0.2) is 36.4 Å². The fraction of sp³-hybridized carbons (Fsp3) is 0.167. The number of amides is 3. The molecule has 0 aliphatic carbocycles. The lowest BCUT2D eigenvalue weighted by Crippen LogP contribution is -2.37. The number of carbonyl (C=O) groups excluding carboxylic acids is 3. The Kier molecular flexibility index (Phi) is 4.81. The minimum atomic E-state index is -0.590. The summed E-state index contributed by atoms with van der Waals surface area (Å²) in [7, 11) is 2.97. The molecule has 0 unspecified atom stereocenters. The van der Waals surface area contributed by atoms with Gasteiger partial charge in [0.15, 0.2) is 0 Å². The van der Waals surface area contributed by atoms with Gasteiger partial charge in [0.1, 0.15) is 18.0 Å². The molecule has 0 spiro atoms. The number of fused-ring (bicyclic) bond motifs is 1. The number of carbonyl (C=O) groups is 3. The molecule has 8 heteroatoms. The molecule has 0 saturated heterocycles. The molecule has 0 aromatic heterocycles. The van der Waals surface area contributed by atoms with Crippen molar-refractivity contribution in [2.75, 3.05) is 26.1 Å². The van der Waals surface area contributed by atoms with Crippen LogP contribution in [-0.4, -0.2) is 43.4 Å². The Balaban J connectivity index is 1.77. The summed E-state index contributed by atoms with van der Waals surface area (Å²) in [6, 6.07) is 9.48. The van der Waals surface area contributed by atoms with Crippen LogP contribution >= 0.6 is 11.6 Å². The first-order valence-corrected chi connectivity index (χ1v) is 8.00. The average Bonchev–Trinajstić information content (AvgIpc) is 2.88. The second-order valence-corrected chi connectivity index (χ2v) is 5.88. The lowest BCUT2D eigenvalue weighted by Gasteiger charge is -2.15. The number of halogens is 1. The number of ether oxygens (including phenoxy) is 2. The molecule has 3 rings (SSSR count). The van der Waals surface area contributed by atoms with Gasteiger partial charge in [-0.3, -0.25) is 19.3 Å². The number of benzene rings is 2. The summed E-state index contributed by atoms with van der Waals surface area (Å²) in [6.07, 6.45) is 0. The molecule has 2 aromatic rings. The van der Waals surface area contributed by atoms with Gasteiger partial charge in [0, 0.05) is 6.07 Å². The third-order valence-electron chi connectivity index (χ3n) is 3.93. The van der Waals surface area contributed by atoms with Crippen LogP contribution in [0, 0.1) is 0 Å². The minimum absolute atomic E-state index is 0.119. The number of imide groups is 1. The van der Waals surface area contributed by atoms with E-state index in [-0.39, 0.29) is 16.1 Å². The van der Waals surface area contributed by atoms with Gasteiger partial charge < -0.3 is 14.8 Å². The number of anilines is 1. The van der Waals surface area contributed by atoms with E-state index >= 15 is 0 Å². The molecule has 7 nitrogen and oxygen atoms in total. The van der Waals surface area contributed by atoms with Crippen molar-refractivity contribution in [2.24, 2.45) is 0 Å². The minimum Gasteiger partial charge on any atom is -0.497 e. The van der Waals surface area contributed by atoms with Gasteiger partial charge in [-0.1, -0.05) is 17.7 Å². The van der Waals surface area contributed by atoms with Gasteiger partial charge in [-0.05, 0) is 24.3 Å². The Labute approximate surface area is 154 Å². The van der Waals surface area contributed by atoms with E-state index in [2.05, 4.69) is 5.32 Å². The summed E-state index contributed by atoms with van der Waals surface area (Å²) in [5.41, 5.74) is 0.708. The van der Waals surface area contributed by atoms with Crippen LogP contribution in [0.2, 0.25) is 5.02 Å². The van der Waals surface area contributed by atoms with Crippen LogP contribution in [0.4, 0.5) is 5.69 Å². The highest BCUT2D eigenvalue weighted by atomic mass is 35.5. The Morgan fingerprint density at radius 3 is 2.54 bits per heavy atom. The molecular formula is C18H15ClN2O5. The van der Waals surface area contributed by atoms with Crippen molar-refractivity contribution >= 4 is 35.0 Å². The van der Waals surface area contributed by atoms with Crippen LogP contribution in [0.5, 0.6) is 11.5 Å². The van der Waals surface area contributed by atoms with E-state index in [1.165, 1.54) is 26.4 Å². The van der Waals surface area contributed by atoms with Crippen molar-refractivity contribution in [3.8, 4) is 11.5 Å². The Morgan fingerprint density at radius 1 is 1.12 bits per heavy atom. The number of hydrogen-bond acceptors (Lipinski definition) is 5. The van der Waals surface area contributed by atoms with Gasteiger partial charge in [-0.25, -0.2) is 0 Å². The largest absolute Gasteiger partial charge is 0.497 e. The van der Waals surface area contributed by atoms with Crippen molar-refractivity contribution in [1.82, 2.24) is 4.90 Å². The highest BCUT2D eigenvalue weighted by Gasteiger charge is 2.38. The highest BCUT2D eigenvalue weighted by Crippen LogP contribution is 2.30. The van der Waals surface area contributed by atoms with Gasteiger partial charge in [0.25, 0.3) is 11.8 Å². The first-order valence-electron chi connectivity index (χ1n) is 7.63. The van der Waals surface area contributed by atoms with Crippen LogP contribution < -0.4 is 14.8 Å². The third-order valence-corrected chi connectivity index (χ3v) is 4.25. The van der Waals surface area contributed by atoms with Gasteiger partial charge in [0.2, 0.25) is 5.91 Å². The predicted molar refractivity (Wildman–Crippen MR) is 95.0 cm³/mol. The number of methoxy groups -OCH3 is 2. The number of rotatable bonds is 5. The first-order chi connectivity index (χ1) is 12.5. The van der Waals surface area contributed by atoms with Crippen molar-refractivity contribution in [3.63, 3.8) is 0 Å². The molecule has 1 heterocycles. The standard InChI is InChI=1S/C18H15ClN2O5/c1-25-10-6-7-13(14(8-10)26-2)20-15(22)9-21-17(23)11-4-3-5-12(19)16(11)18(21)24/h3-8H,9H2,1-2H3,(H,20,22). The Bertz CT molecular complexity index is 912. The zero-order chi connectivity index (χ0) is 18.8. The molecular weight excluding hydrogens is 360 g/mol. The van der Waals surface area contributed by atoms with Crippen molar-refractivity contribution < 1.29 is 23.9 Å². The van der Waals surface area contributed by atoms with E-state index in [1.54, 1.807) is 24.3 Å². The summed E-state index contributed by atoms with van der Waals surface area (Å²) in [4.78, 5) is 38.0. The topological polar surface area (TPSA) is 84.9 Å². The van der Waals surface area contributed by atoms with Crippen molar-refractivity contribution in [1.29, 1.82) is 0 Å². The summed E-state index contributed by atoms with van der Waals surface area (Å²) < 4.78 is 10.3. The molecule has 0 saturated carbocycles. The first kappa shape index (κ1) is 17.8. The fourth-order valence-corrected chi connectivity index (χ4v) is 2.93. The molecule has 2 aromatic carbocycles. The van der Waals surface area contributed by atoms with Crippen LogP contribution in [0.1, 0.15) is 20.7 Å². The molecule has 1 aliphatic heterocycles. The molecule has 26 heavy (non-hydrogen) atoms. The van der Waals surface area contributed by atoms with Crippen molar-refractivity contribution in [2.45, 2.75) is 0 Å². The number of nitrogens with one attached hydrogen (secondary N) is 1. The zero-order valence-electron chi connectivity index (χ0n) is 14.0. The maximum absolute atomic E-state index is 12.4. The molecule has 134 valence electrons. The number of hydrogen-bond donors (Lipinski definition) is 1. The van der Waals surface area contributed by atoms with Crippen LogP contribution in [0.3, 0.4) is 0 Å². The van der Waals surface area contributed by atoms with Gasteiger partial charge >= 0.3 is 0 Å². The molecule has 0 atom stereocenters. The van der Waals surface area contributed by atoms with Gasteiger partial charge in [-0.2, -0.15) is 0 Å². The molecule has 3 amide bonds. The van der Waals surface area contributed by atoms with Crippen LogP contribution in [0.25, 0.3) is 0 Å². The lowest BCUT2D eigenvalue weighted by molar-refractivity contribution is -0.116. The van der Waals surface area contributed by atoms with E-state index in [9.17, 15) is 14.4 Å². The van der Waals surface area contributed by atoms with E-state index < -0.39 is 24.3 Å². The van der Waals surface area contributed by atoms with Gasteiger partial charge in [-0.15, -0.1) is 0 Å². The maximum Gasteiger partial charge on any atom is 0.263 e. The normalized spacial score (nSPS) is 12.8. The van der Waals surface area contributed by atoms with Gasteiger partial charge in [0.05, 0.1) is 36.1 Å². The summed E-state index contributed by atoms with van der Waals surface area (Å²) in [5.74, 6) is -0.728. The highest BCUT2D eigenvalue weighted by molar-refractivity contribution is 6.37. The fourth-order valence-electron chi connectivity index (χ4n) is 2.67. The predicted octanol–water partition coefficient (Wildman–Crippen LogP) is 2.59. The molecule has 0 fully saturated rings. The average molecular weight is 375 g/mol. The van der Waals surface area contributed by atoms with E-state index in [0.717, 1.165) is 4.90 Å². The Morgan fingerprint density at radius 2 is 1.88 bits per heavy atom. The van der Waals surface area contributed by atoms with Crippen LogP contribution in [-0.2, 0) is 4.79 Å². The molecule has 0 bridgehead atoms. The lowest BCUT2D eigenvalue weighted by atomic mass is 10.1. The van der Waals surface area contributed by atoms with E-state index in [1.807, 2.05) is 0 Å². The smallest absolute Gasteiger partial charge is 0.263 e.